The van der Waals surface area contributed by atoms with Crippen molar-refractivity contribution in [3.05, 3.63) is 23.8 Å². The van der Waals surface area contributed by atoms with Gasteiger partial charge < -0.3 is 5.11 Å². The molecule has 0 aliphatic rings. The van der Waals surface area contributed by atoms with Gasteiger partial charge in [0.2, 0.25) is 10.0 Å². The van der Waals surface area contributed by atoms with Crippen LogP contribution in [0.2, 0.25) is 0 Å². The Bertz CT molecular complexity index is 443. The van der Waals surface area contributed by atoms with E-state index in [9.17, 15) is 17.2 Å². The molecule has 0 spiro atoms. The van der Waals surface area contributed by atoms with Crippen LogP contribution in [0.1, 0.15) is 0 Å². The highest BCUT2D eigenvalue weighted by atomic mass is 32.2. The maximum absolute atomic E-state index is 12.7. The molecule has 0 aromatic heterocycles. The Kier molecular flexibility index (Phi) is 2.22. The summed E-state index contributed by atoms with van der Waals surface area (Å²) in [5.74, 6) is -3.50. The van der Waals surface area contributed by atoms with Crippen LogP contribution in [0.5, 0.6) is 5.75 Å². The van der Waals surface area contributed by atoms with Crippen molar-refractivity contribution in [3.8, 4) is 5.75 Å². The van der Waals surface area contributed by atoms with E-state index in [2.05, 4.69) is 5.14 Å². The molecule has 0 saturated carbocycles. The predicted molar refractivity (Wildman–Crippen MR) is 39.4 cm³/mol. The van der Waals surface area contributed by atoms with Crippen LogP contribution >= 0.6 is 0 Å². The highest BCUT2D eigenvalue weighted by Crippen LogP contribution is 2.22. The minimum atomic E-state index is -4.30. The second-order valence-electron chi connectivity index (χ2n) is 2.28. The molecule has 0 fully saturated rings. The van der Waals surface area contributed by atoms with Crippen LogP contribution < -0.4 is 5.14 Å². The van der Waals surface area contributed by atoms with Gasteiger partial charge in [0.25, 0.3) is 0 Å². The zero-order valence-electron chi connectivity index (χ0n) is 6.16. The van der Waals surface area contributed by atoms with Gasteiger partial charge in [0.05, 0.1) is 0 Å². The molecular formula is C6H5F2NO3S. The van der Waals surface area contributed by atoms with Crippen molar-refractivity contribution in [2.75, 3.05) is 0 Å². The van der Waals surface area contributed by atoms with Gasteiger partial charge in [-0.1, -0.05) is 0 Å². The Morgan fingerprint density at radius 3 is 2.23 bits per heavy atom. The molecule has 0 heterocycles. The van der Waals surface area contributed by atoms with Crippen molar-refractivity contribution >= 4 is 10.0 Å². The van der Waals surface area contributed by atoms with Crippen molar-refractivity contribution in [1.29, 1.82) is 0 Å². The molecule has 0 amide bonds. The Hall–Kier alpha value is -1.21. The second kappa shape index (κ2) is 2.93. The normalized spacial score (nSPS) is 11.6. The maximum Gasteiger partial charge on any atom is 0.241 e. The third-order valence-electron chi connectivity index (χ3n) is 1.31. The first kappa shape index (κ1) is 9.87. The molecule has 72 valence electrons. The van der Waals surface area contributed by atoms with Crippen LogP contribution in [0.25, 0.3) is 0 Å². The number of rotatable bonds is 1. The van der Waals surface area contributed by atoms with E-state index in [0.29, 0.717) is 12.1 Å². The number of hydrogen-bond donors (Lipinski definition) is 2. The fraction of sp³-hybridized carbons (Fsp3) is 0. The Morgan fingerprint density at radius 1 is 1.23 bits per heavy atom. The van der Waals surface area contributed by atoms with Gasteiger partial charge in [-0.05, 0) is 0 Å². The van der Waals surface area contributed by atoms with Crippen molar-refractivity contribution in [2.24, 2.45) is 5.14 Å². The molecule has 1 aromatic rings. The number of primary sulfonamides is 1. The van der Waals surface area contributed by atoms with E-state index in [1.807, 2.05) is 0 Å². The van der Waals surface area contributed by atoms with Gasteiger partial charge in [-0.2, -0.15) is 0 Å². The van der Waals surface area contributed by atoms with Crippen LogP contribution in [0.15, 0.2) is 17.0 Å². The summed E-state index contributed by atoms with van der Waals surface area (Å²) in [5.41, 5.74) is 0. The first-order chi connectivity index (χ1) is 5.82. The average molecular weight is 209 g/mol. The molecule has 13 heavy (non-hydrogen) atoms. The number of phenols is 1. The lowest BCUT2D eigenvalue weighted by Crippen LogP contribution is -2.14. The third-order valence-corrected chi connectivity index (χ3v) is 2.23. The molecule has 0 bridgehead atoms. The number of sulfonamides is 1. The molecule has 7 heteroatoms. The van der Waals surface area contributed by atoms with Gasteiger partial charge in [0, 0.05) is 12.1 Å². The lowest BCUT2D eigenvalue weighted by Gasteiger charge is -2.01. The Labute approximate surface area is 72.7 Å². The highest BCUT2D eigenvalue weighted by Gasteiger charge is 2.17. The van der Waals surface area contributed by atoms with Crippen LogP contribution in [-0.2, 0) is 10.0 Å². The molecule has 0 saturated heterocycles. The standard InChI is InChI=1S/C6H5F2NO3S/c7-3-2-6(13(9,11)12)4(8)1-5(3)10/h1-2,10H,(H2,9,11,12). The highest BCUT2D eigenvalue weighted by molar-refractivity contribution is 7.89. The maximum atomic E-state index is 12.7. The van der Waals surface area contributed by atoms with Gasteiger partial charge in [-0.25, -0.2) is 22.3 Å². The minimum absolute atomic E-state index is 0.319. The zero-order valence-corrected chi connectivity index (χ0v) is 6.98. The topological polar surface area (TPSA) is 80.4 Å². The number of benzene rings is 1. The lowest BCUT2D eigenvalue weighted by atomic mass is 10.3. The summed E-state index contributed by atoms with van der Waals surface area (Å²) in [4.78, 5) is -0.984. The third kappa shape index (κ3) is 1.93. The van der Waals surface area contributed by atoms with Gasteiger partial charge in [0.1, 0.15) is 10.7 Å². The van der Waals surface area contributed by atoms with Crippen molar-refractivity contribution in [3.63, 3.8) is 0 Å². The van der Waals surface area contributed by atoms with Crippen LogP contribution in [0, 0.1) is 11.6 Å². The number of hydrogen-bond acceptors (Lipinski definition) is 3. The van der Waals surface area contributed by atoms with E-state index in [1.54, 1.807) is 0 Å². The summed E-state index contributed by atoms with van der Waals surface area (Å²) in [6, 6.07) is 0.662. The molecule has 0 aliphatic carbocycles. The molecule has 1 aromatic carbocycles. The van der Waals surface area contributed by atoms with E-state index >= 15 is 0 Å². The largest absolute Gasteiger partial charge is 0.505 e. The van der Waals surface area contributed by atoms with Gasteiger partial charge in [-0.3, -0.25) is 0 Å². The van der Waals surface area contributed by atoms with E-state index in [4.69, 9.17) is 5.11 Å². The zero-order chi connectivity index (χ0) is 10.2. The second-order valence-corrected chi connectivity index (χ2v) is 3.81. The number of aromatic hydroxyl groups is 1. The van der Waals surface area contributed by atoms with E-state index in [0.717, 1.165) is 0 Å². The van der Waals surface area contributed by atoms with E-state index in [1.165, 1.54) is 0 Å². The molecule has 0 radical (unpaired) electrons. The predicted octanol–water partition coefficient (Wildman–Crippen LogP) is 0.318. The summed E-state index contributed by atoms with van der Waals surface area (Å²) in [7, 11) is -4.30. The summed E-state index contributed by atoms with van der Waals surface area (Å²) >= 11 is 0. The van der Waals surface area contributed by atoms with Crippen molar-refractivity contribution < 1.29 is 22.3 Å². The average Bonchev–Trinajstić information content (AvgIpc) is 1.94. The number of nitrogens with two attached hydrogens (primary N) is 1. The van der Waals surface area contributed by atoms with E-state index in [-0.39, 0.29) is 0 Å². The molecule has 1 rings (SSSR count). The molecule has 0 aliphatic heterocycles. The monoisotopic (exact) mass is 209 g/mol. The summed E-state index contributed by atoms with van der Waals surface area (Å²) in [6.07, 6.45) is 0. The molecule has 0 atom stereocenters. The van der Waals surface area contributed by atoms with Crippen LogP contribution in [-0.4, -0.2) is 13.5 Å². The minimum Gasteiger partial charge on any atom is -0.505 e. The fourth-order valence-electron chi connectivity index (χ4n) is 0.736. The molecule has 0 unspecified atom stereocenters. The summed E-state index contributed by atoms with van der Waals surface area (Å²) in [6.45, 7) is 0. The Balaban J connectivity index is 3.50. The SMILES string of the molecule is NS(=O)(=O)c1cc(F)c(O)cc1F. The van der Waals surface area contributed by atoms with E-state index < -0.39 is 32.3 Å². The van der Waals surface area contributed by atoms with Gasteiger partial charge >= 0.3 is 0 Å². The number of phenolic OH excluding ortho intramolecular Hbond substituents is 1. The molecule has 3 N–H and O–H groups in total. The van der Waals surface area contributed by atoms with Gasteiger partial charge in [-0.15, -0.1) is 0 Å². The lowest BCUT2D eigenvalue weighted by molar-refractivity contribution is 0.422. The summed E-state index contributed by atoms with van der Waals surface area (Å²) < 4.78 is 46.5. The van der Waals surface area contributed by atoms with Gasteiger partial charge in [0.15, 0.2) is 11.6 Å². The number of halogens is 2. The first-order valence-corrected chi connectivity index (χ1v) is 4.58. The van der Waals surface area contributed by atoms with Crippen LogP contribution in [0.4, 0.5) is 8.78 Å². The molecular weight excluding hydrogens is 204 g/mol. The fourth-order valence-corrected chi connectivity index (χ4v) is 1.33. The smallest absolute Gasteiger partial charge is 0.241 e. The van der Waals surface area contributed by atoms with Crippen molar-refractivity contribution in [2.45, 2.75) is 4.90 Å². The quantitative estimate of drug-likeness (QED) is 0.698. The molecule has 4 nitrogen and oxygen atoms in total. The first-order valence-electron chi connectivity index (χ1n) is 3.03. The van der Waals surface area contributed by atoms with Crippen molar-refractivity contribution in [1.82, 2.24) is 0 Å². The van der Waals surface area contributed by atoms with Crippen LogP contribution in [0.3, 0.4) is 0 Å². The Morgan fingerprint density at radius 2 is 1.77 bits per heavy atom. The summed E-state index contributed by atoms with van der Waals surface area (Å²) in [5, 5.41) is 13.2.